The summed E-state index contributed by atoms with van der Waals surface area (Å²) in [7, 11) is 1.68. The predicted octanol–water partition coefficient (Wildman–Crippen LogP) is 3.85. The minimum atomic E-state index is -0.0797. The van der Waals surface area contributed by atoms with Crippen molar-refractivity contribution >= 4 is 11.6 Å². The molecule has 2 rings (SSSR count). The summed E-state index contributed by atoms with van der Waals surface area (Å²) < 4.78 is 5.21. The number of guanidine groups is 1. The maximum atomic E-state index is 6.09. The number of hydrogen-bond acceptors (Lipinski definition) is 2. The molecule has 0 fully saturated rings. The first-order valence-corrected chi connectivity index (χ1v) is 8.14. The molecule has 0 saturated heterocycles. The van der Waals surface area contributed by atoms with Crippen LogP contribution in [0.1, 0.15) is 30.5 Å². The van der Waals surface area contributed by atoms with Crippen molar-refractivity contribution in [3.05, 3.63) is 65.2 Å². The topological polar surface area (TPSA) is 59.6 Å². The largest absolute Gasteiger partial charge is 0.380 e. The number of aliphatic imine (C=N–C) groups is 1. The Morgan fingerprint density at radius 1 is 1.12 bits per heavy atom. The second kappa shape index (κ2) is 7.97. The molecule has 0 saturated carbocycles. The van der Waals surface area contributed by atoms with Crippen LogP contribution >= 0.6 is 0 Å². The second-order valence-corrected chi connectivity index (χ2v) is 6.62. The Morgan fingerprint density at radius 2 is 1.79 bits per heavy atom. The Bertz CT molecular complexity index is 708. The third-order valence-corrected chi connectivity index (χ3v) is 4.10. The summed E-state index contributed by atoms with van der Waals surface area (Å²) >= 11 is 0. The van der Waals surface area contributed by atoms with E-state index in [9.17, 15) is 0 Å². The zero-order valence-corrected chi connectivity index (χ0v) is 15.0. The first-order valence-electron chi connectivity index (χ1n) is 8.14. The van der Waals surface area contributed by atoms with E-state index in [1.165, 1.54) is 11.1 Å². The molecule has 0 aliphatic rings. The van der Waals surface area contributed by atoms with Crippen molar-refractivity contribution in [2.75, 3.05) is 19.0 Å². The number of para-hydroxylation sites is 1. The lowest BCUT2D eigenvalue weighted by atomic mass is 9.82. The molecule has 0 aliphatic heterocycles. The van der Waals surface area contributed by atoms with Gasteiger partial charge in [0.2, 0.25) is 0 Å². The van der Waals surface area contributed by atoms with Crippen LogP contribution in [0, 0.1) is 6.92 Å². The number of methoxy groups -OCH3 is 1. The van der Waals surface area contributed by atoms with Crippen molar-refractivity contribution < 1.29 is 4.74 Å². The van der Waals surface area contributed by atoms with E-state index in [4.69, 9.17) is 10.5 Å². The average molecular weight is 325 g/mol. The Morgan fingerprint density at radius 3 is 2.50 bits per heavy atom. The summed E-state index contributed by atoms with van der Waals surface area (Å²) in [5.41, 5.74) is 10.6. The highest BCUT2D eigenvalue weighted by atomic mass is 16.5. The van der Waals surface area contributed by atoms with E-state index in [0.29, 0.717) is 19.1 Å². The monoisotopic (exact) mass is 325 g/mol. The fourth-order valence-corrected chi connectivity index (χ4v) is 2.80. The van der Waals surface area contributed by atoms with Crippen molar-refractivity contribution in [3.63, 3.8) is 0 Å². The summed E-state index contributed by atoms with van der Waals surface area (Å²) in [6.45, 7) is 7.65. The zero-order chi connectivity index (χ0) is 17.6. The molecule has 0 radical (unpaired) electrons. The number of nitrogens with two attached hydrogens (primary N) is 1. The van der Waals surface area contributed by atoms with Crippen molar-refractivity contribution in [1.82, 2.24) is 0 Å². The number of aryl methyl sites for hydroxylation is 1. The summed E-state index contributed by atoms with van der Waals surface area (Å²) in [5.74, 6) is 0.417. The molecule has 0 spiro atoms. The van der Waals surface area contributed by atoms with Gasteiger partial charge in [0.15, 0.2) is 5.96 Å². The number of hydrogen-bond donors (Lipinski definition) is 2. The molecular weight excluding hydrogens is 298 g/mol. The van der Waals surface area contributed by atoms with Crippen LogP contribution in [0.15, 0.2) is 53.5 Å². The Balaban J connectivity index is 2.10. The molecule has 4 nitrogen and oxygen atoms in total. The van der Waals surface area contributed by atoms with Gasteiger partial charge in [0.1, 0.15) is 0 Å². The minimum absolute atomic E-state index is 0.0797. The van der Waals surface area contributed by atoms with E-state index < -0.39 is 0 Å². The van der Waals surface area contributed by atoms with Crippen molar-refractivity contribution in [3.8, 4) is 0 Å². The van der Waals surface area contributed by atoms with E-state index in [1.807, 2.05) is 24.3 Å². The predicted molar refractivity (Wildman–Crippen MR) is 101 cm³/mol. The number of nitrogens with zero attached hydrogens (tertiary/aromatic N) is 1. The van der Waals surface area contributed by atoms with E-state index in [2.05, 4.69) is 55.3 Å². The summed E-state index contributed by atoms with van der Waals surface area (Å²) in [6, 6.07) is 16.3. The van der Waals surface area contributed by atoms with E-state index in [0.717, 1.165) is 11.3 Å². The molecule has 4 heteroatoms. The highest BCUT2D eigenvalue weighted by molar-refractivity contribution is 5.93. The molecular formula is C20H27N3O. The van der Waals surface area contributed by atoms with Crippen molar-refractivity contribution in [2.24, 2.45) is 10.7 Å². The van der Waals surface area contributed by atoms with Gasteiger partial charge in [0.25, 0.3) is 0 Å². The molecule has 2 aromatic rings. The number of benzene rings is 2. The first kappa shape index (κ1) is 18.0. The van der Waals surface area contributed by atoms with Gasteiger partial charge in [-0.25, -0.2) is 0 Å². The zero-order valence-electron chi connectivity index (χ0n) is 15.0. The maximum Gasteiger partial charge on any atom is 0.193 e. The molecule has 0 unspecified atom stereocenters. The quantitative estimate of drug-likeness (QED) is 0.626. The number of ether oxygens (including phenoxy) is 1. The first-order chi connectivity index (χ1) is 11.4. The fraction of sp³-hybridized carbons (Fsp3) is 0.350. The van der Waals surface area contributed by atoms with Crippen LogP contribution in [-0.4, -0.2) is 19.6 Å². The van der Waals surface area contributed by atoms with Crippen LogP contribution < -0.4 is 11.1 Å². The SMILES string of the molecule is COCc1ccccc1NC(N)=NCC(C)(C)c1ccccc1C. The van der Waals surface area contributed by atoms with Gasteiger partial charge >= 0.3 is 0 Å². The third kappa shape index (κ3) is 4.59. The summed E-state index contributed by atoms with van der Waals surface area (Å²) in [4.78, 5) is 4.55. The lowest BCUT2D eigenvalue weighted by molar-refractivity contribution is 0.185. The lowest BCUT2D eigenvalue weighted by Gasteiger charge is -2.25. The normalized spacial score (nSPS) is 12.2. The maximum absolute atomic E-state index is 6.09. The second-order valence-electron chi connectivity index (χ2n) is 6.62. The molecule has 3 N–H and O–H groups in total. The summed E-state index contributed by atoms with van der Waals surface area (Å²) in [5, 5.41) is 3.18. The molecule has 0 aromatic heterocycles. The molecule has 2 aromatic carbocycles. The van der Waals surface area contributed by atoms with Gasteiger partial charge in [-0.2, -0.15) is 0 Å². The molecule has 0 amide bonds. The molecule has 0 atom stereocenters. The Hall–Kier alpha value is -2.33. The van der Waals surface area contributed by atoms with Gasteiger partial charge < -0.3 is 15.8 Å². The van der Waals surface area contributed by atoms with Gasteiger partial charge in [-0.05, 0) is 24.1 Å². The Labute approximate surface area is 144 Å². The van der Waals surface area contributed by atoms with E-state index in [1.54, 1.807) is 7.11 Å². The smallest absolute Gasteiger partial charge is 0.193 e. The molecule has 128 valence electrons. The Kier molecular flexibility index (Phi) is 5.99. The average Bonchev–Trinajstić information content (AvgIpc) is 2.55. The minimum Gasteiger partial charge on any atom is -0.380 e. The van der Waals surface area contributed by atoms with Crippen LogP contribution in [0.2, 0.25) is 0 Å². The van der Waals surface area contributed by atoms with Crippen LogP contribution in [0.3, 0.4) is 0 Å². The van der Waals surface area contributed by atoms with Crippen LogP contribution in [0.4, 0.5) is 5.69 Å². The lowest BCUT2D eigenvalue weighted by Crippen LogP contribution is -2.28. The highest BCUT2D eigenvalue weighted by Crippen LogP contribution is 2.26. The van der Waals surface area contributed by atoms with Crippen molar-refractivity contribution in [1.29, 1.82) is 0 Å². The molecule has 0 aliphatic carbocycles. The number of nitrogens with one attached hydrogen (secondary N) is 1. The molecule has 0 bridgehead atoms. The number of anilines is 1. The molecule has 0 heterocycles. The standard InChI is InChI=1S/C20H27N3O/c1-15-9-5-7-11-17(15)20(2,3)14-22-19(21)23-18-12-8-6-10-16(18)13-24-4/h5-12H,13-14H2,1-4H3,(H3,21,22,23). The van der Waals surface area contributed by atoms with Gasteiger partial charge in [0.05, 0.1) is 13.2 Å². The van der Waals surface area contributed by atoms with E-state index >= 15 is 0 Å². The van der Waals surface area contributed by atoms with Crippen molar-refractivity contribution in [2.45, 2.75) is 32.8 Å². The van der Waals surface area contributed by atoms with Gasteiger partial charge in [0, 0.05) is 23.8 Å². The van der Waals surface area contributed by atoms with Gasteiger partial charge in [-0.15, -0.1) is 0 Å². The van der Waals surface area contributed by atoms with Crippen LogP contribution in [0.5, 0.6) is 0 Å². The summed E-state index contributed by atoms with van der Waals surface area (Å²) in [6.07, 6.45) is 0. The van der Waals surface area contributed by atoms with Gasteiger partial charge in [-0.1, -0.05) is 56.3 Å². The highest BCUT2D eigenvalue weighted by Gasteiger charge is 2.21. The van der Waals surface area contributed by atoms with Gasteiger partial charge in [-0.3, -0.25) is 4.99 Å². The third-order valence-electron chi connectivity index (χ3n) is 4.10. The van der Waals surface area contributed by atoms with E-state index in [-0.39, 0.29) is 5.41 Å². The molecule has 24 heavy (non-hydrogen) atoms. The fourth-order valence-electron chi connectivity index (χ4n) is 2.80. The van der Waals surface area contributed by atoms with Crippen LogP contribution in [0.25, 0.3) is 0 Å². The number of rotatable bonds is 6. The van der Waals surface area contributed by atoms with Crippen LogP contribution in [-0.2, 0) is 16.8 Å².